The highest BCUT2D eigenvalue weighted by molar-refractivity contribution is 5.99. The van der Waals surface area contributed by atoms with Gasteiger partial charge in [-0.2, -0.15) is 0 Å². The highest BCUT2D eigenvalue weighted by Crippen LogP contribution is 2.26. The summed E-state index contributed by atoms with van der Waals surface area (Å²) in [5.41, 5.74) is 36.2. The van der Waals surface area contributed by atoms with Gasteiger partial charge in [0, 0.05) is 36.6 Å². The standard InChI is InChI=1S/C48H78N16O12/c1-26(39(66)62-36(25-65)46(73)63-21-5-10-37(63)47(74)64-22-6-11-38(64)48(75)76)56-41(68)31(12-17-50)58-43(70)33(14-19-52)60-45(72)35(23-27-24-55-30-9-3-2-7-28(27)30)61-44(71)34(15-20-53)59-42(69)32(13-18-51)57-40(67)29(54)8-4-16-49/h2-3,7,9,24,26,29,31-38,55,65H,4-6,8,10-23,25,49-54H2,1H3,(H,56,68)(H,57,67)(H,58,70)(H,59,69)(H,60,72)(H,61,71)(H,62,66)(H,75,76)/t26-,29-,31-,32+,33-,34-,35-,36-,37+,38-/m0/s1. The molecular formula is C48H78N16O12. The molecule has 2 saturated heterocycles. The van der Waals surface area contributed by atoms with Crippen LogP contribution in [0.5, 0.6) is 0 Å². The van der Waals surface area contributed by atoms with Crippen LogP contribution in [0, 0.1) is 0 Å². The van der Waals surface area contributed by atoms with Gasteiger partial charge in [0.2, 0.25) is 53.2 Å². The number of amides is 9. The number of nitrogens with one attached hydrogen (secondary N) is 8. The first-order valence-electron chi connectivity index (χ1n) is 25.7. The number of aliphatic carboxylic acids is 1. The lowest BCUT2D eigenvalue weighted by Gasteiger charge is -2.32. The second-order valence-electron chi connectivity index (χ2n) is 18.9. The summed E-state index contributed by atoms with van der Waals surface area (Å²) in [5, 5.41) is 38.5. The molecule has 2 aromatic rings. The number of aliphatic hydroxyl groups is 1. The van der Waals surface area contributed by atoms with Crippen molar-refractivity contribution in [3.8, 4) is 0 Å². The summed E-state index contributed by atoms with van der Waals surface area (Å²) in [7, 11) is 0. The van der Waals surface area contributed by atoms with Gasteiger partial charge in [-0.05, 0) is 115 Å². The van der Waals surface area contributed by atoms with Gasteiger partial charge >= 0.3 is 5.97 Å². The molecule has 0 saturated carbocycles. The minimum Gasteiger partial charge on any atom is -0.480 e. The van der Waals surface area contributed by atoms with Gasteiger partial charge in [-0.3, -0.25) is 43.2 Å². The van der Waals surface area contributed by atoms with Crippen LogP contribution in [0.15, 0.2) is 30.5 Å². The maximum atomic E-state index is 14.4. The van der Waals surface area contributed by atoms with Crippen LogP contribution in [0.4, 0.5) is 0 Å². The third-order valence-corrected chi connectivity index (χ3v) is 13.3. The largest absolute Gasteiger partial charge is 0.480 e. The Morgan fingerprint density at radius 1 is 0.592 bits per heavy atom. The van der Waals surface area contributed by atoms with Gasteiger partial charge in [0.25, 0.3) is 0 Å². The van der Waals surface area contributed by atoms with E-state index in [0.29, 0.717) is 31.4 Å². The zero-order valence-corrected chi connectivity index (χ0v) is 42.9. The van der Waals surface area contributed by atoms with E-state index in [0.717, 1.165) is 10.9 Å². The number of aromatic amines is 1. The van der Waals surface area contributed by atoms with Gasteiger partial charge < -0.3 is 96.6 Å². The highest BCUT2D eigenvalue weighted by Gasteiger charge is 2.44. The van der Waals surface area contributed by atoms with Crippen LogP contribution < -0.4 is 71.6 Å². The summed E-state index contributed by atoms with van der Waals surface area (Å²) < 4.78 is 0. The molecule has 1 aromatic heterocycles. The van der Waals surface area contributed by atoms with Crippen molar-refractivity contribution in [3.63, 3.8) is 0 Å². The first-order chi connectivity index (χ1) is 36.3. The number of fused-ring (bicyclic) bond motifs is 1. The molecule has 0 radical (unpaired) electrons. The van der Waals surface area contributed by atoms with Gasteiger partial charge in [-0.1, -0.05) is 18.2 Å². The van der Waals surface area contributed by atoms with Crippen LogP contribution in [0.25, 0.3) is 10.9 Å². The molecule has 0 spiro atoms. The van der Waals surface area contributed by atoms with Crippen molar-refractivity contribution in [1.82, 2.24) is 52.0 Å². The lowest BCUT2D eigenvalue weighted by molar-refractivity contribution is -0.152. The molecule has 28 nitrogen and oxygen atoms in total. The Hall–Kier alpha value is -6.82. The minimum absolute atomic E-state index is 0.00578. The Morgan fingerprint density at radius 3 is 1.57 bits per heavy atom. The Bertz CT molecular complexity index is 2340. The van der Waals surface area contributed by atoms with Crippen molar-refractivity contribution < 1.29 is 58.2 Å². The third-order valence-electron chi connectivity index (χ3n) is 13.3. The number of carbonyl (C=O) groups is 10. The average Bonchev–Trinajstić information content (AvgIpc) is 4.19. The fraction of sp³-hybridized carbons (Fsp3) is 0.625. The van der Waals surface area contributed by atoms with Crippen LogP contribution in [-0.2, 0) is 54.4 Å². The van der Waals surface area contributed by atoms with Gasteiger partial charge in [-0.25, -0.2) is 4.79 Å². The summed E-state index contributed by atoms with van der Waals surface area (Å²) in [4.78, 5) is 140. The number of aliphatic hydroxyl groups excluding tert-OH is 1. The van der Waals surface area contributed by atoms with Crippen LogP contribution >= 0.6 is 0 Å². The third kappa shape index (κ3) is 17.1. The average molecular weight is 1070 g/mol. The second-order valence-corrected chi connectivity index (χ2v) is 18.9. The van der Waals surface area contributed by atoms with Crippen molar-refractivity contribution in [2.45, 2.75) is 138 Å². The van der Waals surface area contributed by atoms with E-state index in [-0.39, 0.29) is 90.6 Å². The lowest BCUT2D eigenvalue weighted by Crippen LogP contribution is -2.61. The van der Waals surface area contributed by atoms with E-state index < -0.39 is 126 Å². The molecule has 9 amide bonds. The van der Waals surface area contributed by atoms with Gasteiger partial charge in [-0.15, -0.1) is 0 Å². The molecule has 0 bridgehead atoms. The van der Waals surface area contributed by atoms with Gasteiger partial charge in [0.05, 0.1) is 12.6 Å². The number of para-hydroxylation sites is 1. The second kappa shape index (κ2) is 30.7. The molecule has 0 aliphatic carbocycles. The molecule has 0 unspecified atom stereocenters. The molecular weight excluding hydrogens is 993 g/mol. The Balaban J connectivity index is 1.47. The van der Waals surface area contributed by atoms with Crippen LogP contribution in [0.2, 0.25) is 0 Å². The van der Waals surface area contributed by atoms with E-state index in [9.17, 15) is 58.2 Å². The minimum atomic E-state index is -1.53. The normalized spacial score (nSPS) is 18.5. The summed E-state index contributed by atoms with van der Waals surface area (Å²) in [6.45, 7) is 0.689. The smallest absolute Gasteiger partial charge is 0.326 e. The number of nitrogens with two attached hydrogens (primary N) is 6. The molecule has 2 aliphatic rings. The number of hydrogen-bond acceptors (Lipinski definition) is 17. The van der Waals surface area contributed by atoms with E-state index in [1.807, 2.05) is 6.07 Å². The zero-order chi connectivity index (χ0) is 56.1. The molecule has 3 heterocycles. The van der Waals surface area contributed by atoms with Gasteiger partial charge in [0.15, 0.2) is 0 Å². The molecule has 2 aliphatic heterocycles. The quantitative estimate of drug-likeness (QED) is 0.0334. The number of carboxylic acids is 1. The molecule has 76 heavy (non-hydrogen) atoms. The van der Waals surface area contributed by atoms with E-state index >= 15 is 0 Å². The summed E-state index contributed by atoms with van der Waals surface area (Å²) in [5.74, 6) is -8.20. The Labute approximate surface area is 440 Å². The first kappa shape index (κ1) is 61.7. The predicted octanol–water partition coefficient (Wildman–Crippen LogP) is -6.36. The molecule has 22 N–H and O–H groups in total. The molecule has 1 aromatic carbocycles. The Kier molecular flexibility index (Phi) is 24.9. The van der Waals surface area contributed by atoms with E-state index in [2.05, 4.69) is 42.2 Å². The number of carboxylic acid groups (broad SMARTS) is 1. The topological polar surface area (TPSA) is 474 Å². The molecule has 4 rings (SSSR count). The van der Waals surface area contributed by atoms with Crippen molar-refractivity contribution in [2.24, 2.45) is 34.4 Å². The number of nitrogens with zero attached hydrogens (tertiary/aromatic N) is 2. The predicted molar refractivity (Wildman–Crippen MR) is 276 cm³/mol. The number of benzene rings is 1. The monoisotopic (exact) mass is 1070 g/mol. The summed E-state index contributed by atoms with van der Waals surface area (Å²) in [6, 6.07) is -5.37. The number of aromatic nitrogens is 1. The van der Waals surface area contributed by atoms with Crippen LogP contribution in [0.1, 0.15) is 76.7 Å². The molecule has 2 fully saturated rings. The lowest BCUT2D eigenvalue weighted by atomic mass is 10.0. The first-order valence-corrected chi connectivity index (χ1v) is 25.7. The van der Waals surface area contributed by atoms with Crippen LogP contribution in [0.3, 0.4) is 0 Å². The van der Waals surface area contributed by atoms with E-state index in [4.69, 9.17) is 34.4 Å². The fourth-order valence-electron chi connectivity index (χ4n) is 9.14. The van der Waals surface area contributed by atoms with Crippen molar-refractivity contribution in [3.05, 3.63) is 36.0 Å². The number of hydrogen-bond donors (Lipinski definition) is 16. The van der Waals surface area contributed by atoms with Crippen molar-refractivity contribution in [2.75, 3.05) is 52.4 Å². The fourth-order valence-corrected chi connectivity index (χ4v) is 9.14. The Morgan fingerprint density at radius 2 is 1.05 bits per heavy atom. The number of rotatable bonds is 31. The number of H-pyrrole nitrogens is 1. The van der Waals surface area contributed by atoms with Gasteiger partial charge in [0.1, 0.15) is 54.4 Å². The number of likely N-dealkylation sites (tertiary alicyclic amines) is 2. The molecule has 10 atom stereocenters. The summed E-state index contributed by atoms with van der Waals surface area (Å²) in [6.07, 6.45) is 3.27. The highest BCUT2D eigenvalue weighted by atomic mass is 16.4. The zero-order valence-electron chi connectivity index (χ0n) is 42.9. The SMILES string of the molecule is C[C@H](NC(=O)[C@H](CCN)NC(=O)[C@H](CCN)NC(=O)[C@H](Cc1c[nH]c2ccccc12)NC(=O)[C@H](CCN)NC(=O)[C@@H](CCN)NC(=O)[C@@H](N)CCCN)C(=O)N[C@@H](CO)C(=O)N1CCC[C@@H]1C(=O)N1CCC[C@H]1C(=O)O. The molecule has 28 heteroatoms. The van der Waals surface area contributed by atoms with E-state index in [1.165, 1.54) is 16.7 Å². The van der Waals surface area contributed by atoms with Crippen molar-refractivity contribution >= 4 is 70.0 Å². The van der Waals surface area contributed by atoms with Crippen LogP contribution in [-0.4, -0.2) is 197 Å². The van der Waals surface area contributed by atoms with E-state index in [1.54, 1.807) is 24.4 Å². The number of carbonyl (C=O) groups excluding carboxylic acids is 9. The maximum absolute atomic E-state index is 14.4. The maximum Gasteiger partial charge on any atom is 0.326 e. The molecule has 422 valence electrons. The van der Waals surface area contributed by atoms with Crippen molar-refractivity contribution in [1.29, 1.82) is 0 Å². The summed E-state index contributed by atoms with van der Waals surface area (Å²) >= 11 is 0.